The predicted octanol–water partition coefficient (Wildman–Crippen LogP) is 3.91. The maximum absolute atomic E-state index is 6.03. The Labute approximate surface area is 98.2 Å². The van der Waals surface area contributed by atoms with Crippen LogP contribution in [0.3, 0.4) is 0 Å². The molecule has 0 bridgehead atoms. The van der Waals surface area contributed by atoms with Gasteiger partial charge >= 0.3 is 0 Å². The van der Waals surface area contributed by atoms with E-state index in [1.165, 1.54) is 43.4 Å². The Hall–Kier alpha value is -0.760. The maximum Gasteiger partial charge on any atom is 0.111 e. The average Bonchev–Trinajstić information content (AvgIpc) is 2.74. The third-order valence-electron chi connectivity index (χ3n) is 3.61. The molecule has 0 unspecified atom stereocenters. The monoisotopic (exact) mass is 221 g/mol. The molecule has 1 aliphatic rings. The highest BCUT2D eigenvalue weighted by Gasteiger charge is 2.21. The molecule has 16 heavy (non-hydrogen) atoms. The van der Waals surface area contributed by atoms with Crippen molar-refractivity contribution in [1.82, 2.24) is 0 Å². The van der Waals surface area contributed by atoms with Crippen LogP contribution in [0.1, 0.15) is 74.9 Å². The summed E-state index contributed by atoms with van der Waals surface area (Å²) in [4.78, 5) is 0. The van der Waals surface area contributed by atoms with Crippen LogP contribution in [0.5, 0.6) is 0 Å². The van der Waals surface area contributed by atoms with Crippen molar-refractivity contribution in [2.45, 2.75) is 64.3 Å². The minimum atomic E-state index is 0.441. The molecule has 1 fully saturated rings. The molecular formula is C14H23NO. The van der Waals surface area contributed by atoms with Crippen LogP contribution in [0.2, 0.25) is 0 Å². The first kappa shape index (κ1) is 11.7. The van der Waals surface area contributed by atoms with E-state index in [0.29, 0.717) is 18.4 Å². The lowest BCUT2D eigenvalue weighted by molar-refractivity contribution is 0.356. The SMILES string of the molecule is CC(C)c1oc(C2CCCCC2)cc1CN. The highest BCUT2D eigenvalue weighted by atomic mass is 16.3. The molecule has 0 amide bonds. The van der Waals surface area contributed by atoms with Crippen molar-refractivity contribution in [3.63, 3.8) is 0 Å². The second kappa shape index (κ2) is 5.05. The van der Waals surface area contributed by atoms with Gasteiger partial charge in [-0.3, -0.25) is 0 Å². The van der Waals surface area contributed by atoms with E-state index < -0.39 is 0 Å². The lowest BCUT2D eigenvalue weighted by atomic mass is 9.87. The summed E-state index contributed by atoms with van der Waals surface area (Å²) < 4.78 is 6.03. The fraction of sp³-hybridized carbons (Fsp3) is 0.714. The molecule has 0 radical (unpaired) electrons. The van der Waals surface area contributed by atoms with E-state index in [-0.39, 0.29) is 0 Å². The highest BCUT2D eigenvalue weighted by molar-refractivity contribution is 5.26. The van der Waals surface area contributed by atoms with Gasteiger partial charge in [0.25, 0.3) is 0 Å². The fourth-order valence-electron chi connectivity index (χ4n) is 2.70. The lowest BCUT2D eigenvalue weighted by Gasteiger charge is -2.19. The number of rotatable bonds is 3. The van der Waals surface area contributed by atoms with Gasteiger partial charge in [-0.2, -0.15) is 0 Å². The van der Waals surface area contributed by atoms with Gasteiger partial charge in [0.05, 0.1) is 0 Å². The van der Waals surface area contributed by atoms with Crippen molar-refractivity contribution in [3.8, 4) is 0 Å². The molecule has 0 aromatic carbocycles. The molecule has 2 N–H and O–H groups in total. The molecule has 2 heteroatoms. The van der Waals surface area contributed by atoms with Gasteiger partial charge in [0.1, 0.15) is 11.5 Å². The second-order valence-electron chi connectivity index (χ2n) is 5.23. The molecule has 1 heterocycles. The Bertz CT molecular complexity index is 335. The minimum Gasteiger partial charge on any atom is -0.465 e. The third kappa shape index (κ3) is 2.32. The molecule has 1 saturated carbocycles. The van der Waals surface area contributed by atoms with E-state index in [9.17, 15) is 0 Å². The van der Waals surface area contributed by atoms with Crippen LogP contribution < -0.4 is 5.73 Å². The molecule has 2 rings (SSSR count). The van der Waals surface area contributed by atoms with Crippen LogP contribution in [0.15, 0.2) is 10.5 Å². The first-order valence-corrected chi connectivity index (χ1v) is 6.55. The van der Waals surface area contributed by atoms with E-state index >= 15 is 0 Å². The maximum atomic E-state index is 6.03. The molecule has 1 aromatic rings. The molecular weight excluding hydrogens is 198 g/mol. The second-order valence-corrected chi connectivity index (χ2v) is 5.23. The topological polar surface area (TPSA) is 39.2 Å². The first-order chi connectivity index (χ1) is 7.72. The first-order valence-electron chi connectivity index (χ1n) is 6.55. The van der Waals surface area contributed by atoms with Crippen molar-refractivity contribution < 1.29 is 4.42 Å². The molecule has 0 aliphatic heterocycles. The Morgan fingerprint density at radius 3 is 2.50 bits per heavy atom. The zero-order valence-corrected chi connectivity index (χ0v) is 10.5. The molecule has 90 valence electrons. The van der Waals surface area contributed by atoms with Gasteiger partial charge in [-0.05, 0) is 18.9 Å². The van der Waals surface area contributed by atoms with Gasteiger partial charge < -0.3 is 10.2 Å². The van der Waals surface area contributed by atoms with Crippen LogP contribution >= 0.6 is 0 Å². The van der Waals surface area contributed by atoms with Crippen molar-refractivity contribution in [2.24, 2.45) is 5.73 Å². The van der Waals surface area contributed by atoms with Gasteiger partial charge in [-0.25, -0.2) is 0 Å². The van der Waals surface area contributed by atoms with E-state index in [4.69, 9.17) is 10.2 Å². The van der Waals surface area contributed by atoms with Crippen molar-refractivity contribution >= 4 is 0 Å². The largest absolute Gasteiger partial charge is 0.465 e. The van der Waals surface area contributed by atoms with E-state index in [2.05, 4.69) is 19.9 Å². The Kier molecular flexibility index (Phi) is 3.70. The summed E-state index contributed by atoms with van der Waals surface area (Å²) in [5.41, 5.74) is 6.98. The van der Waals surface area contributed by atoms with E-state index in [1.54, 1.807) is 0 Å². The Morgan fingerprint density at radius 1 is 1.31 bits per heavy atom. The highest BCUT2D eigenvalue weighted by Crippen LogP contribution is 2.36. The molecule has 1 aliphatic carbocycles. The van der Waals surface area contributed by atoms with Crippen molar-refractivity contribution in [2.75, 3.05) is 0 Å². The van der Waals surface area contributed by atoms with Crippen LogP contribution in [0.4, 0.5) is 0 Å². The van der Waals surface area contributed by atoms with Gasteiger partial charge in [0.2, 0.25) is 0 Å². The molecule has 0 spiro atoms. The van der Waals surface area contributed by atoms with Gasteiger partial charge in [0, 0.05) is 23.9 Å². The number of hydrogen-bond acceptors (Lipinski definition) is 2. The smallest absolute Gasteiger partial charge is 0.111 e. The van der Waals surface area contributed by atoms with Crippen molar-refractivity contribution in [3.05, 3.63) is 23.2 Å². The quantitative estimate of drug-likeness (QED) is 0.840. The van der Waals surface area contributed by atoms with Crippen molar-refractivity contribution in [1.29, 1.82) is 0 Å². The summed E-state index contributed by atoms with van der Waals surface area (Å²) >= 11 is 0. The molecule has 0 atom stereocenters. The standard InChI is InChI=1S/C14H23NO/c1-10(2)14-12(9-15)8-13(16-14)11-6-4-3-5-7-11/h8,10-11H,3-7,9,15H2,1-2H3. The predicted molar refractivity (Wildman–Crippen MR) is 66.5 cm³/mol. The summed E-state index contributed by atoms with van der Waals surface area (Å²) in [5.74, 6) is 3.37. The normalized spacial score (nSPS) is 18.2. The van der Waals surface area contributed by atoms with E-state index in [1.807, 2.05) is 0 Å². The number of hydrogen-bond donors (Lipinski definition) is 1. The minimum absolute atomic E-state index is 0.441. The fourth-order valence-corrected chi connectivity index (χ4v) is 2.70. The molecule has 2 nitrogen and oxygen atoms in total. The zero-order valence-electron chi connectivity index (χ0n) is 10.5. The lowest BCUT2D eigenvalue weighted by Crippen LogP contribution is -2.03. The van der Waals surface area contributed by atoms with Gasteiger partial charge in [-0.1, -0.05) is 33.1 Å². The molecule has 0 saturated heterocycles. The van der Waals surface area contributed by atoms with Crippen LogP contribution in [-0.4, -0.2) is 0 Å². The summed E-state index contributed by atoms with van der Waals surface area (Å²) in [6, 6.07) is 2.20. The summed E-state index contributed by atoms with van der Waals surface area (Å²) in [6.07, 6.45) is 6.66. The Morgan fingerprint density at radius 2 is 2.00 bits per heavy atom. The van der Waals surface area contributed by atoms with Gasteiger partial charge in [-0.15, -0.1) is 0 Å². The summed E-state index contributed by atoms with van der Waals surface area (Å²) in [6.45, 7) is 4.94. The third-order valence-corrected chi connectivity index (χ3v) is 3.61. The van der Waals surface area contributed by atoms with Crippen LogP contribution in [-0.2, 0) is 6.54 Å². The van der Waals surface area contributed by atoms with E-state index in [0.717, 1.165) is 5.76 Å². The Balaban J connectivity index is 2.20. The zero-order chi connectivity index (χ0) is 11.5. The van der Waals surface area contributed by atoms with Gasteiger partial charge in [0.15, 0.2) is 0 Å². The van der Waals surface area contributed by atoms with Crippen LogP contribution in [0.25, 0.3) is 0 Å². The number of furan rings is 1. The summed E-state index contributed by atoms with van der Waals surface area (Å²) in [7, 11) is 0. The molecule has 1 aromatic heterocycles. The summed E-state index contributed by atoms with van der Waals surface area (Å²) in [5, 5.41) is 0. The average molecular weight is 221 g/mol. The van der Waals surface area contributed by atoms with Crippen LogP contribution in [0, 0.1) is 0 Å². The number of nitrogens with two attached hydrogens (primary N) is 1.